The fourth-order valence-corrected chi connectivity index (χ4v) is 3.28. The van der Waals surface area contributed by atoms with Crippen LogP contribution in [0.25, 0.3) is 0 Å². The molecule has 0 saturated heterocycles. The van der Waals surface area contributed by atoms with Crippen LogP contribution in [0.4, 0.5) is 11.4 Å². The Morgan fingerprint density at radius 3 is 2.21 bits per heavy atom. The lowest BCUT2D eigenvalue weighted by molar-refractivity contribution is -0.118. The van der Waals surface area contributed by atoms with Gasteiger partial charge >= 0.3 is 0 Å². The lowest BCUT2D eigenvalue weighted by atomic mass is 9.87. The minimum absolute atomic E-state index is 0.0339. The predicted molar refractivity (Wildman–Crippen MR) is 126 cm³/mol. The van der Waals surface area contributed by atoms with E-state index in [9.17, 15) is 9.59 Å². The smallest absolute Gasteiger partial charge is 0.262 e. The Morgan fingerprint density at radius 1 is 0.848 bits per heavy atom. The van der Waals surface area contributed by atoms with Gasteiger partial charge in [0.2, 0.25) is 6.79 Å². The van der Waals surface area contributed by atoms with Gasteiger partial charge in [-0.05, 0) is 59.5 Å². The highest BCUT2D eigenvalue weighted by molar-refractivity contribution is 6.04. The van der Waals surface area contributed by atoms with E-state index in [1.807, 2.05) is 24.3 Å². The van der Waals surface area contributed by atoms with Crippen LogP contribution < -0.4 is 24.8 Å². The van der Waals surface area contributed by atoms with E-state index in [4.69, 9.17) is 14.2 Å². The molecular weight excluding hydrogens is 420 g/mol. The van der Waals surface area contributed by atoms with Crippen molar-refractivity contribution in [1.29, 1.82) is 0 Å². The van der Waals surface area contributed by atoms with E-state index in [1.165, 1.54) is 5.56 Å². The quantitative estimate of drug-likeness (QED) is 0.558. The number of ether oxygens (including phenoxy) is 3. The molecule has 3 aromatic rings. The van der Waals surface area contributed by atoms with Crippen LogP contribution in [-0.4, -0.2) is 25.2 Å². The van der Waals surface area contributed by atoms with Crippen LogP contribution in [0.2, 0.25) is 0 Å². The molecule has 0 unspecified atom stereocenters. The van der Waals surface area contributed by atoms with E-state index in [2.05, 4.69) is 31.4 Å². The summed E-state index contributed by atoms with van der Waals surface area (Å²) in [6, 6.07) is 19.6. The summed E-state index contributed by atoms with van der Waals surface area (Å²) in [7, 11) is 0. The molecule has 1 aliphatic rings. The summed E-state index contributed by atoms with van der Waals surface area (Å²) in [5.41, 5.74) is 3.02. The Bertz CT molecular complexity index is 1150. The molecule has 0 aromatic heterocycles. The van der Waals surface area contributed by atoms with E-state index in [1.54, 1.807) is 42.5 Å². The number of carbonyl (C=O) groups excluding carboxylic acids is 2. The maximum absolute atomic E-state index is 12.5. The van der Waals surface area contributed by atoms with Crippen molar-refractivity contribution < 1.29 is 23.8 Å². The minimum Gasteiger partial charge on any atom is -0.484 e. The van der Waals surface area contributed by atoms with Gasteiger partial charge in [-0.2, -0.15) is 0 Å². The Labute approximate surface area is 192 Å². The van der Waals surface area contributed by atoms with Crippen molar-refractivity contribution in [3.63, 3.8) is 0 Å². The Kier molecular flexibility index (Phi) is 6.22. The fourth-order valence-electron chi connectivity index (χ4n) is 3.28. The Hall–Kier alpha value is -4.00. The third-order valence-corrected chi connectivity index (χ3v) is 5.15. The molecule has 0 bridgehead atoms. The second kappa shape index (κ2) is 9.24. The lowest BCUT2D eigenvalue weighted by Gasteiger charge is -2.19. The first-order chi connectivity index (χ1) is 15.8. The van der Waals surface area contributed by atoms with Crippen LogP contribution in [0.3, 0.4) is 0 Å². The van der Waals surface area contributed by atoms with Crippen LogP contribution in [0, 0.1) is 0 Å². The summed E-state index contributed by atoms with van der Waals surface area (Å²) >= 11 is 0. The first-order valence-corrected chi connectivity index (χ1v) is 10.6. The highest BCUT2D eigenvalue weighted by atomic mass is 16.7. The van der Waals surface area contributed by atoms with Gasteiger partial charge in [-0.1, -0.05) is 32.9 Å². The molecule has 7 heteroatoms. The number of carbonyl (C=O) groups is 2. The van der Waals surface area contributed by atoms with E-state index >= 15 is 0 Å². The van der Waals surface area contributed by atoms with Gasteiger partial charge < -0.3 is 24.8 Å². The van der Waals surface area contributed by atoms with Crippen molar-refractivity contribution in [1.82, 2.24) is 0 Å². The highest BCUT2D eigenvalue weighted by Crippen LogP contribution is 2.34. The summed E-state index contributed by atoms with van der Waals surface area (Å²) in [4.78, 5) is 24.7. The molecule has 0 spiro atoms. The molecule has 0 saturated carbocycles. The molecule has 0 fully saturated rings. The van der Waals surface area contributed by atoms with Gasteiger partial charge in [-0.15, -0.1) is 0 Å². The number of anilines is 2. The van der Waals surface area contributed by atoms with Crippen molar-refractivity contribution in [2.24, 2.45) is 0 Å². The average Bonchev–Trinajstić information content (AvgIpc) is 3.26. The van der Waals surface area contributed by atoms with Gasteiger partial charge in [-0.25, -0.2) is 0 Å². The van der Waals surface area contributed by atoms with Crippen LogP contribution in [0.1, 0.15) is 36.7 Å². The van der Waals surface area contributed by atoms with Crippen LogP contribution in [0.15, 0.2) is 66.7 Å². The molecule has 33 heavy (non-hydrogen) atoms. The number of benzene rings is 3. The van der Waals surface area contributed by atoms with Gasteiger partial charge in [0.1, 0.15) is 5.75 Å². The zero-order valence-corrected chi connectivity index (χ0v) is 18.8. The number of fused-ring (bicyclic) bond motifs is 1. The van der Waals surface area contributed by atoms with Gasteiger partial charge in [-0.3, -0.25) is 9.59 Å². The molecule has 170 valence electrons. The zero-order chi connectivity index (χ0) is 23.4. The standard InChI is InChI=1S/C26H26N2O5/c1-26(2,3)18-6-4-17(5-7-18)25(30)28-19-8-11-21(12-9-19)31-15-24(29)27-20-10-13-22-23(14-20)33-16-32-22/h4-14H,15-16H2,1-3H3,(H,27,29)(H,28,30). The fraction of sp³-hybridized carbons (Fsp3) is 0.231. The number of rotatable bonds is 6. The Morgan fingerprint density at radius 2 is 1.52 bits per heavy atom. The second-order valence-electron chi connectivity index (χ2n) is 8.71. The third kappa shape index (κ3) is 5.63. The van der Waals surface area contributed by atoms with Crippen LogP contribution in [0.5, 0.6) is 17.2 Å². The maximum atomic E-state index is 12.5. The van der Waals surface area contributed by atoms with Gasteiger partial charge in [0.25, 0.3) is 11.8 Å². The van der Waals surface area contributed by atoms with Crippen LogP contribution >= 0.6 is 0 Å². The van der Waals surface area contributed by atoms with Crippen molar-refractivity contribution in [3.05, 3.63) is 77.9 Å². The predicted octanol–water partition coefficient (Wildman–Crippen LogP) is 4.98. The van der Waals surface area contributed by atoms with E-state index in [-0.39, 0.29) is 30.6 Å². The molecule has 3 aromatic carbocycles. The SMILES string of the molecule is CC(C)(C)c1ccc(C(=O)Nc2ccc(OCC(=O)Nc3ccc4c(c3)OCO4)cc2)cc1. The molecule has 0 aliphatic carbocycles. The molecule has 1 heterocycles. The normalized spacial score (nSPS) is 12.2. The second-order valence-corrected chi connectivity index (χ2v) is 8.71. The zero-order valence-electron chi connectivity index (χ0n) is 18.8. The van der Waals surface area contributed by atoms with E-state index in [0.717, 1.165) is 0 Å². The molecule has 0 atom stereocenters. The number of amides is 2. The van der Waals surface area contributed by atoms with Gasteiger partial charge in [0.05, 0.1) is 0 Å². The van der Waals surface area contributed by atoms with E-state index in [0.29, 0.717) is 34.2 Å². The number of hydrogen-bond donors (Lipinski definition) is 2. The largest absolute Gasteiger partial charge is 0.484 e. The highest BCUT2D eigenvalue weighted by Gasteiger charge is 2.15. The first kappa shape index (κ1) is 22.2. The average molecular weight is 447 g/mol. The minimum atomic E-state index is -0.301. The maximum Gasteiger partial charge on any atom is 0.262 e. The lowest BCUT2D eigenvalue weighted by Crippen LogP contribution is -2.20. The molecule has 0 radical (unpaired) electrons. The van der Waals surface area contributed by atoms with Crippen LogP contribution in [-0.2, 0) is 10.2 Å². The van der Waals surface area contributed by atoms with Crippen molar-refractivity contribution in [2.75, 3.05) is 24.0 Å². The monoisotopic (exact) mass is 446 g/mol. The number of hydrogen-bond acceptors (Lipinski definition) is 5. The van der Waals surface area contributed by atoms with Crippen molar-refractivity contribution in [2.45, 2.75) is 26.2 Å². The van der Waals surface area contributed by atoms with Crippen molar-refractivity contribution >= 4 is 23.2 Å². The molecular formula is C26H26N2O5. The molecule has 1 aliphatic heterocycles. The summed E-state index contributed by atoms with van der Waals surface area (Å²) < 4.78 is 16.1. The molecule has 2 amide bonds. The van der Waals surface area contributed by atoms with E-state index < -0.39 is 0 Å². The summed E-state index contributed by atoms with van der Waals surface area (Å²) in [5.74, 6) is 1.27. The summed E-state index contributed by atoms with van der Waals surface area (Å²) in [6.07, 6.45) is 0. The van der Waals surface area contributed by atoms with Gasteiger partial charge in [0, 0.05) is 23.0 Å². The molecule has 2 N–H and O–H groups in total. The summed E-state index contributed by atoms with van der Waals surface area (Å²) in [5, 5.41) is 5.62. The molecule has 7 nitrogen and oxygen atoms in total. The summed E-state index contributed by atoms with van der Waals surface area (Å²) in [6.45, 7) is 6.42. The first-order valence-electron chi connectivity index (χ1n) is 10.6. The Balaban J connectivity index is 1.27. The number of nitrogens with one attached hydrogen (secondary N) is 2. The topological polar surface area (TPSA) is 85.9 Å². The molecule has 4 rings (SSSR count). The third-order valence-electron chi connectivity index (χ3n) is 5.15. The van der Waals surface area contributed by atoms with Crippen molar-refractivity contribution in [3.8, 4) is 17.2 Å². The van der Waals surface area contributed by atoms with Gasteiger partial charge in [0.15, 0.2) is 18.1 Å².